The number of fused-ring (bicyclic) bond motifs is 3. The molecule has 1 aliphatic rings. The van der Waals surface area contributed by atoms with Crippen LogP contribution < -0.4 is 5.32 Å². The van der Waals surface area contributed by atoms with E-state index in [4.69, 9.17) is 4.74 Å². The van der Waals surface area contributed by atoms with E-state index < -0.39 is 0 Å². The summed E-state index contributed by atoms with van der Waals surface area (Å²) in [7, 11) is 0. The van der Waals surface area contributed by atoms with E-state index in [-0.39, 0.29) is 5.97 Å². The molecule has 6 heteroatoms. The van der Waals surface area contributed by atoms with Crippen LogP contribution in [0.25, 0.3) is 10.2 Å². The lowest BCUT2D eigenvalue weighted by Gasteiger charge is -2.18. The predicted molar refractivity (Wildman–Crippen MR) is 109 cm³/mol. The van der Waals surface area contributed by atoms with Crippen LogP contribution in [0.4, 0.5) is 11.5 Å². The lowest BCUT2D eigenvalue weighted by molar-refractivity contribution is 0.0505. The van der Waals surface area contributed by atoms with E-state index in [2.05, 4.69) is 22.2 Å². The van der Waals surface area contributed by atoms with Crippen molar-refractivity contribution in [2.45, 2.75) is 39.5 Å². The summed E-state index contributed by atoms with van der Waals surface area (Å²) >= 11 is 1.78. The maximum Gasteiger partial charge on any atom is 0.338 e. The Morgan fingerprint density at radius 1 is 1.37 bits per heavy atom. The van der Waals surface area contributed by atoms with E-state index in [0.29, 0.717) is 12.2 Å². The summed E-state index contributed by atoms with van der Waals surface area (Å²) in [4.78, 5) is 23.6. The van der Waals surface area contributed by atoms with Gasteiger partial charge in [-0.15, -0.1) is 11.3 Å². The molecule has 1 aliphatic carbocycles. The topological polar surface area (TPSA) is 64.1 Å². The molecular formula is C21H23N3O2S. The highest BCUT2D eigenvalue weighted by molar-refractivity contribution is 7.19. The molecule has 27 heavy (non-hydrogen) atoms. The standard InChI is InChI=1S/C21H23N3O2S/c1-3-9-26-21(25)14-5-4-6-15(11-14)24-19-18-16-8-7-13(2)10-17(16)27-20(18)23-12-22-19/h4-6,11-13H,3,7-10H2,1-2H3,(H,22,23,24)/t13-/m1/s1. The Morgan fingerprint density at radius 2 is 2.26 bits per heavy atom. The number of aryl methyl sites for hydroxylation is 1. The van der Waals surface area contributed by atoms with Gasteiger partial charge >= 0.3 is 5.97 Å². The molecule has 2 aromatic heterocycles. The van der Waals surface area contributed by atoms with Crippen LogP contribution in [0.1, 0.15) is 47.5 Å². The summed E-state index contributed by atoms with van der Waals surface area (Å²) < 4.78 is 5.23. The zero-order valence-corrected chi connectivity index (χ0v) is 16.4. The van der Waals surface area contributed by atoms with Crippen LogP contribution in [0.3, 0.4) is 0 Å². The van der Waals surface area contributed by atoms with Crippen LogP contribution in [0.15, 0.2) is 30.6 Å². The number of aromatic nitrogens is 2. The van der Waals surface area contributed by atoms with Crippen LogP contribution in [0.5, 0.6) is 0 Å². The first kappa shape index (κ1) is 17.9. The Morgan fingerprint density at radius 3 is 3.11 bits per heavy atom. The van der Waals surface area contributed by atoms with Gasteiger partial charge in [-0.3, -0.25) is 0 Å². The van der Waals surface area contributed by atoms with Gasteiger partial charge in [0.2, 0.25) is 0 Å². The fourth-order valence-corrected chi connectivity index (χ4v) is 4.86. The van der Waals surface area contributed by atoms with Gasteiger partial charge < -0.3 is 10.1 Å². The number of carbonyl (C=O) groups is 1. The number of anilines is 2. The lowest BCUT2D eigenvalue weighted by Crippen LogP contribution is -2.09. The van der Waals surface area contributed by atoms with Gasteiger partial charge in [-0.2, -0.15) is 0 Å². The summed E-state index contributed by atoms with van der Waals surface area (Å²) in [6.45, 7) is 4.72. The maximum absolute atomic E-state index is 12.1. The molecule has 4 rings (SSSR count). The first-order valence-electron chi connectivity index (χ1n) is 9.45. The van der Waals surface area contributed by atoms with Crippen LogP contribution in [-0.2, 0) is 17.6 Å². The largest absolute Gasteiger partial charge is 0.462 e. The second-order valence-corrected chi connectivity index (χ2v) is 8.18. The van der Waals surface area contributed by atoms with Gasteiger partial charge in [0.05, 0.1) is 17.6 Å². The number of benzene rings is 1. The van der Waals surface area contributed by atoms with Crippen molar-refractivity contribution in [3.63, 3.8) is 0 Å². The molecule has 5 nitrogen and oxygen atoms in total. The molecule has 1 atom stereocenters. The quantitative estimate of drug-likeness (QED) is 0.621. The summed E-state index contributed by atoms with van der Waals surface area (Å²) in [5.74, 6) is 1.24. The van der Waals surface area contributed by atoms with Gasteiger partial charge in [-0.25, -0.2) is 14.8 Å². The van der Waals surface area contributed by atoms with E-state index in [1.165, 1.54) is 16.9 Å². The normalized spacial score (nSPS) is 16.1. The molecule has 0 unspecified atom stereocenters. The molecule has 0 fully saturated rings. The number of nitrogens with zero attached hydrogens (tertiary/aromatic N) is 2. The van der Waals surface area contributed by atoms with Crippen molar-refractivity contribution in [1.29, 1.82) is 0 Å². The van der Waals surface area contributed by atoms with E-state index in [9.17, 15) is 4.79 Å². The van der Waals surface area contributed by atoms with Crippen molar-refractivity contribution >= 4 is 39.0 Å². The smallest absolute Gasteiger partial charge is 0.338 e. The van der Waals surface area contributed by atoms with Crippen molar-refractivity contribution in [2.75, 3.05) is 11.9 Å². The third-order valence-electron chi connectivity index (χ3n) is 4.89. The molecule has 0 amide bonds. The van der Waals surface area contributed by atoms with Gasteiger partial charge in [-0.05, 0) is 55.4 Å². The van der Waals surface area contributed by atoms with E-state index in [1.807, 2.05) is 25.1 Å². The van der Waals surface area contributed by atoms with E-state index in [0.717, 1.165) is 46.9 Å². The molecule has 0 radical (unpaired) electrons. The van der Waals surface area contributed by atoms with Gasteiger partial charge in [0, 0.05) is 10.6 Å². The Bertz CT molecular complexity index is 983. The molecular weight excluding hydrogens is 358 g/mol. The number of ether oxygens (including phenoxy) is 1. The summed E-state index contributed by atoms with van der Waals surface area (Å²) in [6, 6.07) is 7.37. The Kier molecular flexibility index (Phi) is 5.07. The third-order valence-corrected chi connectivity index (χ3v) is 6.05. The average Bonchev–Trinajstić information content (AvgIpc) is 3.04. The highest BCUT2D eigenvalue weighted by Gasteiger charge is 2.23. The maximum atomic E-state index is 12.1. The second-order valence-electron chi connectivity index (χ2n) is 7.10. The summed E-state index contributed by atoms with van der Waals surface area (Å²) in [5, 5.41) is 4.52. The number of esters is 1. The minimum atomic E-state index is -0.296. The molecule has 2 heterocycles. The lowest BCUT2D eigenvalue weighted by atomic mass is 9.89. The van der Waals surface area contributed by atoms with Crippen LogP contribution in [0, 0.1) is 5.92 Å². The molecule has 1 aromatic carbocycles. The SMILES string of the molecule is CCCOC(=O)c1cccc(Nc2ncnc3sc4c(c23)CC[C@@H](C)C4)c1. The first-order chi connectivity index (χ1) is 13.2. The number of thiophene rings is 1. The van der Waals surface area contributed by atoms with Crippen molar-refractivity contribution < 1.29 is 9.53 Å². The number of hydrogen-bond acceptors (Lipinski definition) is 6. The van der Waals surface area contributed by atoms with Gasteiger partial charge in [0.25, 0.3) is 0 Å². The van der Waals surface area contributed by atoms with E-state index in [1.54, 1.807) is 23.7 Å². The molecule has 1 N–H and O–H groups in total. The first-order valence-corrected chi connectivity index (χ1v) is 10.3. The number of rotatable bonds is 5. The highest BCUT2D eigenvalue weighted by atomic mass is 32.1. The second kappa shape index (κ2) is 7.64. The summed E-state index contributed by atoms with van der Waals surface area (Å²) in [6.07, 6.45) is 5.81. The molecule has 0 bridgehead atoms. The minimum Gasteiger partial charge on any atom is -0.462 e. The zero-order chi connectivity index (χ0) is 18.8. The van der Waals surface area contributed by atoms with Crippen LogP contribution >= 0.6 is 11.3 Å². The monoisotopic (exact) mass is 381 g/mol. The van der Waals surface area contributed by atoms with Crippen molar-refractivity contribution in [3.8, 4) is 0 Å². The van der Waals surface area contributed by atoms with E-state index >= 15 is 0 Å². The van der Waals surface area contributed by atoms with Gasteiger partial charge in [-0.1, -0.05) is 19.9 Å². The minimum absolute atomic E-state index is 0.296. The van der Waals surface area contributed by atoms with Crippen LogP contribution in [0.2, 0.25) is 0 Å². The molecule has 0 spiro atoms. The molecule has 0 aliphatic heterocycles. The molecule has 0 saturated carbocycles. The van der Waals surface area contributed by atoms with Gasteiger partial charge in [0.1, 0.15) is 17.0 Å². The number of nitrogens with one attached hydrogen (secondary N) is 1. The Balaban J connectivity index is 1.65. The average molecular weight is 382 g/mol. The third kappa shape index (κ3) is 3.67. The van der Waals surface area contributed by atoms with Crippen molar-refractivity contribution in [2.24, 2.45) is 5.92 Å². The molecule has 3 aromatic rings. The fourth-order valence-electron chi connectivity index (χ4n) is 3.51. The molecule has 140 valence electrons. The number of carbonyl (C=O) groups excluding carboxylic acids is 1. The number of hydrogen-bond donors (Lipinski definition) is 1. The Hall–Kier alpha value is -2.47. The van der Waals surface area contributed by atoms with Crippen molar-refractivity contribution in [3.05, 3.63) is 46.6 Å². The fraction of sp³-hybridized carbons (Fsp3) is 0.381. The zero-order valence-electron chi connectivity index (χ0n) is 15.6. The highest BCUT2D eigenvalue weighted by Crippen LogP contribution is 2.40. The van der Waals surface area contributed by atoms with Gasteiger partial charge in [0.15, 0.2) is 0 Å². The van der Waals surface area contributed by atoms with Crippen LogP contribution in [-0.4, -0.2) is 22.5 Å². The Labute approximate surface area is 162 Å². The summed E-state index contributed by atoms with van der Waals surface area (Å²) in [5.41, 5.74) is 2.75. The predicted octanol–water partition coefficient (Wildman–Crippen LogP) is 5.13. The van der Waals surface area contributed by atoms with Crippen molar-refractivity contribution in [1.82, 2.24) is 9.97 Å². The molecule has 0 saturated heterocycles.